The van der Waals surface area contributed by atoms with Crippen molar-refractivity contribution in [2.45, 2.75) is 26.8 Å². The summed E-state index contributed by atoms with van der Waals surface area (Å²) in [4.78, 5) is 21.1. The highest BCUT2D eigenvalue weighted by Gasteiger charge is 2.13. The van der Waals surface area contributed by atoms with Crippen molar-refractivity contribution in [2.75, 3.05) is 40.4 Å². The average Bonchev–Trinajstić information content (AvgIpc) is 2.31. The molecule has 0 aliphatic rings. The summed E-state index contributed by atoms with van der Waals surface area (Å²) in [6.07, 6.45) is 0. The number of aryl methyl sites for hydroxylation is 2. The Morgan fingerprint density at radius 2 is 2.05 bits per heavy atom. The SMILES string of the molecule is Cc1nc(C)c(C(C)NCCOCCN(C)C)c(=O)[nH]1. The van der Waals surface area contributed by atoms with Crippen molar-refractivity contribution in [1.82, 2.24) is 20.2 Å². The average molecular weight is 282 g/mol. The molecule has 0 amide bonds. The largest absolute Gasteiger partial charge is 0.379 e. The van der Waals surface area contributed by atoms with E-state index >= 15 is 0 Å². The van der Waals surface area contributed by atoms with Gasteiger partial charge >= 0.3 is 0 Å². The van der Waals surface area contributed by atoms with E-state index in [0.717, 1.165) is 18.8 Å². The van der Waals surface area contributed by atoms with Crippen LogP contribution in [0.3, 0.4) is 0 Å². The Labute approximate surface area is 120 Å². The van der Waals surface area contributed by atoms with Crippen LogP contribution in [-0.4, -0.2) is 55.3 Å². The summed E-state index contributed by atoms with van der Waals surface area (Å²) >= 11 is 0. The van der Waals surface area contributed by atoms with E-state index in [1.165, 1.54) is 0 Å². The second-order valence-electron chi connectivity index (χ2n) is 5.24. The van der Waals surface area contributed by atoms with Crippen LogP contribution in [0.25, 0.3) is 0 Å². The summed E-state index contributed by atoms with van der Waals surface area (Å²) in [5.41, 5.74) is 1.41. The van der Waals surface area contributed by atoms with Crippen LogP contribution < -0.4 is 10.9 Å². The highest BCUT2D eigenvalue weighted by atomic mass is 16.5. The van der Waals surface area contributed by atoms with E-state index in [-0.39, 0.29) is 11.6 Å². The van der Waals surface area contributed by atoms with Crippen LogP contribution in [0.2, 0.25) is 0 Å². The first-order valence-corrected chi connectivity index (χ1v) is 6.95. The van der Waals surface area contributed by atoms with Crippen molar-refractivity contribution in [3.63, 3.8) is 0 Å². The van der Waals surface area contributed by atoms with Crippen LogP contribution in [0.15, 0.2) is 4.79 Å². The van der Waals surface area contributed by atoms with Gasteiger partial charge in [0.25, 0.3) is 5.56 Å². The van der Waals surface area contributed by atoms with Crippen LogP contribution >= 0.6 is 0 Å². The Morgan fingerprint density at radius 1 is 1.35 bits per heavy atom. The molecule has 20 heavy (non-hydrogen) atoms. The minimum Gasteiger partial charge on any atom is -0.379 e. The number of aromatic amines is 1. The molecule has 6 heteroatoms. The first kappa shape index (κ1) is 16.8. The van der Waals surface area contributed by atoms with Gasteiger partial charge in [-0.3, -0.25) is 4.79 Å². The molecule has 0 aliphatic carbocycles. The lowest BCUT2D eigenvalue weighted by molar-refractivity contribution is 0.118. The van der Waals surface area contributed by atoms with Crippen molar-refractivity contribution in [1.29, 1.82) is 0 Å². The minimum atomic E-state index is -0.0662. The van der Waals surface area contributed by atoms with Gasteiger partial charge in [-0.2, -0.15) is 0 Å². The molecule has 0 saturated heterocycles. The predicted octanol–water partition coefficient (Wildman–Crippen LogP) is 0.616. The number of nitrogens with zero attached hydrogens (tertiary/aromatic N) is 2. The standard InChI is InChI=1S/C14H26N4O2/c1-10(15-6-8-20-9-7-18(4)5)13-11(2)16-12(3)17-14(13)19/h10,15H,6-9H2,1-5H3,(H,16,17,19). The van der Waals surface area contributed by atoms with Crippen LogP contribution in [0.5, 0.6) is 0 Å². The fourth-order valence-corrected chi connectivity index (χ4v) is 2.04. The molecule has 1 aromatic rings. The number of likely N-dealkylation sites (N-methyl/N-ethyl adjacent to an activating group) is 1. The number of hydrogen-bond acceptors (Lipinski definition) is 5. The molecule has 1 heterocycles. The minimum absolute atomic E-state index is 0.0377. The van der Waals surface area contributed by atoms with Gasteiger partial charge in [0.2, 0.25) is 0 Å². The fourth-order valence-electron chi connectivity index (χ4n) is 2.04. The molecule has 1 aromatic heterocycles. The molecular formula is C14H26N4O2. The fraction of sp³-hybridized carbons (Fsp3) is 0.714. The molecule has 0 saturated carbocycles. The van der Waals surface area contributed by atoms with Gasteiger partial charge in [0, 0.05) is 24.8 Å². The van der Waals surface area contributed by atoms with Crippen LogP contribution in [-0.2, 0) is 4.74 Å². The van der Waals surface area contributed by atoms with Gasteiger partial charge in [-0.1, -0.05) is 0 Å². The molecule has 0 spiro atoms. The lowest BCUT2D eigenvalue weighted by Gasteiger charge is -2.16. The molecule has 1 atom stereocenters. The Kier molecular flexibility index (Phi) is 6.84. The number of aromatic nitrogens is 2. The molecular weight excluding hydrogens is 256 g/mol. The molecule has 0 radical (unpaired) electrons. The monoisotopic (exact) mass is 282 g/mol. The van der Waals surface area contributed by atoms with E-state index in [1.807, 2.05) is 27.9 Å². The van der Waals surface area contributed by atoms with Gasteiger partial charge in [-0.15, -0.1) is 0 Å². The highest BCUT2D eigenvalue weighted by molar-refractivity contribution is 5.19. The van der Waals surface area contributed by atoms with Crippen molar-refractivity contribution < 1.29 is 4.74 Å². The first-order chi connectivity index (χ1) is 9.41. The van der Waals surface area contributed by atoms with E-state index < -0.39 is 0 Å². The van der Waals surface area contributed by atoms with E-state index in [9.17, 15) is 4.79 Å². The number of ether oxygens (including phenoxy) is 1. The van der Waals surface area contributed by atoms with Crippen LogP contribution in [0.1, 0.15) is 30.0 Å². The molecule has 2 N–H and O–H groups in total. The molecule has 0 aromatic carbocycles. The third kappa shape index (κ3) is 5.40. The number of hydrogen-bond donors (Lipinski definition) is 2. The second-order valence-corrected chi connectivity index (χ2v) is 5.24. The maximum Gasteiger partial charge on any atom is 0.255 e. The summed E-state index contributed by atoms with van der Waals surface area (Å²) in [7, 11) is 4.03. The van der Waals surface area contributed by atoms with Crippen molar-refractivity contribution in [3.8, 4) is 0 Å². The number of H-pyrrole nitrogens is 1. The zero-order valence-electron chi connectivity index (χ0n) is 13.1. The maximum absolute atomic E-state index is 11.9. The second kappa shape index (κ2) is 8.14. The third-order valence-corrected chi connectivity index (χ3v) is 3.08. The topological polar surface area (TPSA) is 70.2 Å². The lowest BCUT2D eigenvalue weighted by Crippen LogP contribution is -2.30. The Balaban J connectivity index is 2.40. The van der Waals surface area contributed by atoms with Crippen molar-refractivity contribution in [3.05, 3.63) is 27.4 Å². The first-order valence-electron chi connectivity index (χ1n) is 6.95. The summed E-state index contributed by atoms with van der Waals surface area (Å²) in [6.45, 7) is 8.59. The highest BCUT2D eigenvalue weighted by Crippen LogP contribution is 2.10. The Hall–Kier alpha value is -1.24. The molecule has 6 nitrogen and oxygen atoms in total. The van der Waals surface area contributed by atoms with Crippen molar-refractivity contribution in [2.24, 2.45) is 0 Å². The summed E-state index contributed by atoms with van der Waals surface area (Å²) in [6, 6.07) is -0.0377. The zero-order chi connectivity index (χ0) is 15.1. The van der Waals surface area contributed by atoms with Gasteiger partial charge in [0.05, 0.1) is 18.8 Å². The summed E-state index contributed by atoms with van der Waals surface area (Å²) in [5, 5.41) is 3.29. The number of nitrogens with one attached hydrogen (secondary N) is 2. The quantitative estimate of drug-likeness (QED) is 0.684. The van der Waals surface area contributed by atoms with Crippen LogP contribution in [0, 0.1) is 13.8 Å². The van der Waals surface area contributed by atoms with Gasteiger partial charge in [0.1, 0.15) is 5.82 Å². The normalized spacial score (nSPS) is 12.9. The van der Waals surface area contributed by atoms with Crippen LogP contribution in [0.4, 0.5) is 0 Å². The van der Waals surface area contributed by atoms with E-state index in [2.05, 4.69) is 20.2 Å². The predicted molar refractivity (Wildman–Crippen MR) is 80.1 cm³/mol. The summed E-state index contributed by atoms with van der Waals surface area (Å²) < 4.78 is 5.50. The Bertz CT molecular complexity index is 471. The third-order valence-electron chi connectivity index (χ3n) is 3.08. The lowest BCUT2D eigenvalue weighted by atomic mass is 10.1. The molecule has 114 valence electrons. The molecule has 0 aliphatic heterocycles. The Morgan fingerprint density at radius 3 is 2.65 bits per heavy atom. The van der Waals surface area contributed by atoms with Gasteiger partial charge in [0.15, 0.2) is 0 Å². The summed E-state index contributed by atoms with van der Waals surface area (Å²) in [5.74, 6) is 0.649. The van der Waals surface area contributed by atoms with Crippen molar-refractivity contribution >= 4 is 0 Å². The van der Waals surface area contributed by atoms with E-state index in [1.54, 1.807) is 6.92 Å². The number of rotatable bonds is 8. The molecule has 1 rings (SSSR count). The van der Waals surface area contributed by atoms with E-state index in [0.29, 0.717) is 24.5 Å². The maximum atomic E-state index is 11.9. The van der Waals surface area contributed by atoms with Gasteiger partial charge in [-0.25, -0.2) is 4.98 Å². The van der Waals surface area contributed by atoms with Gasteiger partial charge < -0.3 is 19.9 Å². The molecule has 1 unspecified atom stereocenters. The smallest absolute Gasteiger partial charge is 0.255 e. The molecule has 0 bridgehead atoms. The van der Waals surface area contributed by atoms with Gasteiger partial charge in [-0.05, 0) is 34.9 Å². The zero-order valence-corrected chi connectivity index (χ0v) is 13.1. The van der Waals surface area contributed by atoms with E-state index in [4.69, 9.17) is 4.74 Å². The molecule has 0 fully saturated rings.